The van der Waals surface area contributed by atoms with Gasteiger partial charge in [-0.3, -0.25) is 14.9 Å². The molecule has 36 heavy (non-hydrogen) atoms. The summed E-state index contributed by atoms with van der Waals surface area (Å²) in [7, 11) is 0. The number of aldehydes is 1. The van der Waals surface area contributed by atoms with Gasteiger partial charge in [-0.2, -0.15) is 0 Å². The van der Waals surface area contributed by atoms with E-state index in [4.69, 9.17) is 4.84 Å². The van der Waals surface area contributed by atoms with Crippen LogP contribution in [-0.4, -0.2) is 33.7 Å². The second-order valence-corrected chi connectivity index (χ2v) is 12.5. The molecule has 0 radical (unpaired) electrons. The fourth-order valence-electron chi connectivity index (χ4n) is 9.17. The van der Waals surface area contributed by atoms with Crippen molar-refractivity contribution in [3.8, 4) is 0 Å². The predicted molar refractivity (Wildman–Crippen MR) is 135 cm³/mol. The Morgan fingerprint density at radius 3 is 2.61 bits per heavy atom. The van der Waals surface area contributed by atoms with Crippen LogP contribution in [0.4, 0.5) is 5.69 Å². The van der Waals surface area contributed by atoms with E-state index in [2.05, 4.69) is 25.1 Å². The Hall–Kier alpha value is -2.54. The highest BCUT2D eigenvalue weighted by atomic mass is 16.7. The van der Waals surface area contributed by atoms with Crippen molar-refractivity contribution in [2.45, 2.75) is 83.3 Å². The van der Waals surface area contributed by atoms with Crippen LogP contribution in [0.1, 0.15) is 77.2 Å². The van der Waals surface area contributed by atoms with Gasteiger partial charge < -0.3 is 9.94 Å². The normalized spacial score (nSPS) is 43.4. The number of aliphatic hydroxyl groups excluding tert-OH is 1. The van der Waals surface area contributed by atoms with E-state index < -0.39 is 10.5 Å². The standard InChI is InChI=1S/C29H36N2O5/c1-27-13-11-21(33)15-19(27)5-8-22-23-9-10-26(28(23,2)14-12-24(22)27)29(17-32)16-25(30-36-29)18-3-6-20(7-4-18)31(34)35/h3-7,17,21-24,26,33H,8-16H2,1-2H3/t21-,22+,23+,24+,26?,27+,28+,29?/m1/s1. The number of carbonyl (C=O) groups excluding carboxylic acids is 1. The van der Waals surface area contributed by atoms with Crippen molar-refractivity contribution in [2.75, 3.05) is 0 Å². The van der Waals surface area contributed by atoms with Crippen LogP contribution in [0.25, 0.3) is 0 Å². The lowest BCUT2D eigenvalue weighted by Gasteiger charge is -2.58. The summed E-state index contributed by atoms with van der Waals surface area (Å²) in [4.78, 5) is 29.3. The quantitative estimate of drug-likeness (QED) is 0.255. The van der Waals surface area contributed by atoms with Crippen LogP contribution in [-0.2, 0) is 9.63 Å². The number of aliphatic hydroxyl groups is 1. The lowest BCUT2D eigenvalue weighted by molar-refractivity contribution is -0.384. The molecule has 1 aliphatic heterocycles. The van der Waals surface area contributed by atoms with Gasteiger partial charge in [-0.05, 0) is 97.6 Å². The van der Waals surface area contributed by atoms with Gasteiger partial charge in [0.25, 0.3) is 5.69 Å². The molecule has 1 heterocycles. The van der Waals surface area contributed by atoms with Crippen LogP contribution in [0.2, 0.25) is 0 Å². The van der Waals surface area contributed by atoms with E-state index in [0.717, 1.165) is 63.2 Å². The number of benzene rings is 1. The number of allylic oxidation sites excluding steroid dienone is 1. The van der Waals surface area contributed by atoms with Crippen molar-refractivity contribution in [3.05, 3.63) is 51.6 Å². The molecule has 1 aromatic rings. The Kier molecular flexibility index (Phi) is 5.45. The molecule has 0 aromatic heterocycles. The van der Waals surface area contributed by atoms with Crippen LogP contribution in [0.3, 0.4) is 0 Å². The van der Waals surface area contributed by atoms with E-state index in [1.54, 1.807) is 12.1 Å². The molecule has 1 N–H and O–H groups in total. The van der Waals surface area contributed by atoms with Gasteiger partial charge >= 0.3 is 0 Å². The Morgan fingerprint density at radius 1 is 1.11 bits per heavy atom. The highest BCUT2D eigenvalue weighted by Gasteiger charge is 2.64. The van der Waals surface area contributed by atoms with Crippen molar-refractivity contribution in [1.82, 2.24) is 0 Å². The van der Waals surface area contributed by atoms with E-state index in [1.165, 1.54) is 17.7 Å². The highest BCUT2D eigenvalue weighted by Crippen LogP contribution is 2.68. The first-order valence-corrected chi connectivity index (χ1v) is 13.5. The van der Waals surface area contributed by atoms with Crippen molar-refractivity contribution in [2.24, 2.45) is 39.7 Å². The molecule has 0 spiro atoms. The minimum atomic E-state index is -0.970. The average molecular weight is 493 g/mol. The van der Waals surface area contributed by atoms with Gasteiger partial charge in [-0.25, -0.2) is 0 Å². The van der Waals surface area contributed by atoms with E-state index in [1.807, 2.05) is 0 Å². The molecule has 7 nitrogen and oxygen atoms in total. The van der Waals surface area contributed by atoms with E-state index in [-0.39, 0.29) is 28.5 Å². The number of non-ortho nitro benzene ring substituents is 1. The monoisotopic (exact) mass is 492 g/mol. The van der Waals surface area contributed by atoms with Crippen LogP contribution in [0.15, 0.2) is 41.1 Å². The lowest BCUT2D eigenvalue weighted by atomic mass is 9.46. The van der Waals surface area contributed by atoms with Crippen LogP contribution in [0, 0.1) is 44.6 Å². The predicted octanol–water partition coefficient (Wildman–Crippen LogP) is 5.60. The third-order valence-corrected chi connectivity index (χ3v) is 11.0. The molecular weight excluding hydrogens is 456 g/mol. The lowest BCUT2D eigenvalue weighted by Crippen LogP contribution is -2.54. The number of nitro groups is 1. The first kappa shape index (κ1) is 23.8. The number of rotatable bonds is 4. The molecule has 7 heteroatoms. The van der Waals surface area contributed by atoms with Crippen LogP contribution < -0.4 is 0 Å². The van der Waals surface area contributed by atoms with Crippen molar-refractivity contribution < 1.29 is 19.7 Å². The molecule has 5 aliphatic rings. The summed E-state index contributed by atoms with van der Waals surface area (Å²) in [5.74, 6) is 1.90. The molecule has 0 bridgehead atoms. The second kappa shape index (κ2) is 8.23. The van der Waals surface area contributed by atoms with Crippen molar-refractivity contribution >= 4 is 17.7 Å². The Labute approximate surface area is 212 Å². The number of oxime groups is 1. The summed E-state index contributed by atoms with van der Waals surface area (Å²) >= 11 is 0. The second-order valence-electron chi connectivity index (χ2n) is 12.5. The van der Waals surface area contributed by atoms with Gasteiger partial charge in [-0.15, -0.1) is 0 Å². The first-order valence-electron chi connectivity index (χ1n) is 13.5. The molecule has 6 rings (SSSR count). The van der Waals surface area contributed by atoms with E-state index in [9.17, 15) is 20.0 Å². The van der Waals surface area contributed by atoms with Crippen LogP contribution >= 0.6 is 0 Å². The number of nitrogens with zero attached hydrogens (tertiary/aromatic N) is 2. The number of carbonyl (C=O) groups is 1. The maximum absolute atomic E-state index is 12.7. The fourth-order valence-corrected chi connectivity index (χ4v) is 9.17. The molecule has 8 atom stereocenters. The maximum Gasteiger partial charge on any atom is 0.269 e. The molecule has 3 fully saturated rings. The number of hydrogen-bond donors (Lipinski definition) is 1. The first-order chi connectivity index (χ1) is 17.2. The summed E-state index contributed by atoms with van der Waals surface area (Å²) < 4.78 is 0. The maximum atomic E-state index is 12.7. The number of fused-ring (bicyclic) bond motifs is 5. The average Bonchev–Trinajstić information content (AvgIpc) is 3.46. The summed E-state index contributed by atoms with van der Waals surface area (Å²) in [5, 5.41) is 25.7. The van der Waals surface area contributed by atoms with Crippen LogP contribution in [0.5, 0.6) is 0 Å². The molecular formula is C29H36N2O5. The number of hydrogen-bond acceptors (Lipinski definition) is 6. The summed E-state index contributed by atoms with van der Waals surface area (Å²) in [5.41, 5.74) is 2.21. The Bertz CT molecular complexity index is 1140. The molecule has 0 saturated heterocycles. The minimum Gasteiger partial charge on any atom is -0.393 e. The minimum absolute atomic E-state index is 0.0123. The van der Waals surface area contributed by atoms with Gasteiger partial charge in [0.2, 0.25) is 5.60 Å². The zero-order valence-electron chi connectivity index (χ0n) is 21.2. The molecule has 3 saturated carbocycles. The van der Waals surface area contributed by atoms with E-state index in [0.29, 0.717) is 29.9 Å². The van der Waals surface area contributed by atoms with Gasteiger partial charge in [0.1, 0.15) is 0 Å². The molecule has 2 unspecified atom stereocenters. The molecule has 1 aromatic carbocycles. The topological polar surface area (TPSA) is 102 Å². The molecule has 192 valence electrons. The summed E-state index contributed by atoms with van der Waals surface area (Å²) in [6.45, 7) is 4.82. The Balaban J connectivity index is 1.25. The zero-order chi connectivity index (χ0) is 25.3. The third-order valence-electron chi connectivity index (χ3n) is 11.0. The third kappa shape index (κ3) is 3.34. The molecule has 4 aliphatic carbocycles. The number of nitro benzene ring substituents is 1. The molecule has 0 amide bonds. The van der Waals surface area contributed by atoms with Crippen molar-refractivity contribution in [1.29, 1.82) is 0 Å². The highest BCUT2D eigenvalue weighted by molar-refractivity contribution is 6.03. The van der Waals surface area contributed by atoms with Gasteiger partial charge in [0, 0.05) is 24.5 Å². The van der Waals surface area contributed by atoms with Gasteiger partial charge in [0.15, 0.2) is 6.29 Å². The largest absolute Gasteiger partial charge is 0.393 e. The van der Waals surface area contributed by atoms with Gasteiger partial charge in [-0.1, -0.05) is 30.7 Å². The van der Waals surface area contributed by atoms with E-state index >= 15 is 0 Å². The fraction of sp³-hybridized carbons (Fsp3) is 0.655. The smallest absolute Gasteiger partial charge is 0.269 e. The SMILES string of the molecule is C[C@]12CC[C@@H](O)CC1=CC[C@@H]1[C@@H]2CC[C@]2(C)C(C3(C=O)CC(c4ccc([N+](=O)[O-])cc4)=NO3)CC[C@@H]12. The van der Waals surface area contributed by atoms with Gasteiger partial charge in [0.05, 0.1) is 16.7 Å². The summed E-state index contributed by atoms with van der Waals surface area (Å²) in [6, 6.07) is 6.34. The zero-order valence-corrected chi connectivity index (χ0v) is 21.2. The Morgan fingerprint density at radius 2 is 1.89 bits per heavy atom. The van der Waals surface area contributed by atoms with Crippen molar-refractivity contribution in [3.63, 3.8) is 0 Å². The summed E-state index contributed by atoms with van der Waals surface area (Å²) in [6.07, 6.45) is 11.8.